The van der Waals surface area contributed by atoms with E-state index in [0.29, 0.717) is 52.1 Å². The van der Waals surface area contributed by atoms with Crippen molar-refractivity contribution in [1.29, 1.82) is 0 Å². The predicted molar refractivity (Wildman–Crippen MR) is 95.8 cm³/mol. The summed E-state index contributed by atoms with van der Waals surface area (Å²) in [7, 11) is 0. The number of alkyl carbamates (subject to hydrolysis) is 1. The fourth-order valence-electron chi connectivity index (χ4n) is 4.57. The van der Waals surface area contributed by atoms with Crippen LogP contribution in [-0.2, 0) is 19.7 Å². The lowest BCUT2D eigenvalue weighted by molar-refractivity contribution is -0.141. The second kappa shape index (κ2) is 7.11. The molecule has 3 fully saturated rings. The number of halogens is 1. The Bertz CT molecular complexity index is 717. The first-order valence-corrected chi connectivity index (χ1v) is 9.63. The fourth-order valence-corrected chi connectivity index (χ4v) is 4.57. The smallest absolute Gasteiger partial charge is 0.407 e. The number of rotatable bonds is 2. The van der Waals surface area contributed by atoms with Gasteiger partial charge in [-0.15, -0.1) is 0 Å². The van der Waals surface area contributed by atoms with Gasteiger partial charge >= 0.3 is 6.09 Å². The van der Waals surface area contributed by atoms with E-state index >= 15 is 0 Å². The summed E-state index contributed by atoms with van der Waals surface area (Å²) in [5.41, 5.74) is -0.316. The van der Waals surface area contributed by atoms with Crippen LogP contribution in [0.4, 0.5) is 9.18 Å². The van der Waals surface area contributed by atoms with Gasteiger partial charge in [-0.05, 0) is 43.4 Å². The number of hydrogen-bond acceptors (Lipinski definition) is 4. The van der Waals surface area contributed by atoms with Gasteiger partial charge < -0.3 is 19.7 Å². The van der Waals surface area contributed by atoms with E-state index in [9.17, 15) is 14.0 Å². The van der Waals surface area contributed by atoms with Crippen LogP contribution in [0.5, 0.6) is 0 Å². The Morgan fingerprint density at radius 1 is 1.07 bits per heavy atom. The van der Waals surface area contributed by atoms with Crippen LogP contribution >= 0.6 is 0 Å². The molecule has 1 spiro atoms. The van der Waals surface area contributed by atoms with Gasteiger partial charge in [0.05, 0.1) is 12.0 Å². The van der Waals surface area contributed by atoms with Crippen molar-refractivity contribution in [3.8, 4) is 0 Å². The number of carbonyl (C=O) groups excluding carboxylic acids is 2. The van der Waals surface area contributed by atoms with Crippen molar-refractivity contribution >= 4 is 12.0 Å². The monoisotopic (exact) mass is 376 g/mol. The van der Waals surface area contributed by atoms with Gasteiger partial charge in [0.15, 0.2) is 0 Å². The number of nitrogens with zero attached hydrogens (tertiary/aromatic N) is 1. The maximum absolute atomic E-state index is 13.6. The van der Waals surface area contributed by atoms with Crippen LogP contribution in [0.3, 0.4) is 0 Å². The summed E-state index contributed by atoms with van der Waals surface area (Å²) in [6, 6.07) is 6.28. The largest absolute Gasteiger partial charge is 0.441 e. The summed E-state index contributed by atoms with van der Waals surface area (Å²) >= 11 is 0. The molecule has 2 amide bonds. The van der Waals surface area contributed by atoms with Crippen molar-refractivity contribution in [2.45, 2.75) is 43.1 Å². The maximum Gasteiger partial charge on any atom is 0.407 e. The highest BCUT2D eigenvalue weighted by molar-refractivity contribution is 5.88. The lowest BCUT2D eigenvalue weighted by atomic mass is 9.73. The van der Waals surface area contributed by atoms with E-state index in [1.807, 2.05) is 4.90 Å². The average molecular weight is 376 g/mol. The summed E-state index contributed by atoms with van der Waals surface area (Å²) in [4.78, 5) is 27.0. The van der Waals surface area contributed by atoms with E-state index < -0.39 is 11.0 Å². The van der Waals surface area contributed by atoms with Gasteiger partial charge in [0, 0.05) is 32.7 Å². The molecule has 0 saturated carbocycles. The number of nitrogens with one attached hydrogen (secondary N) is 1. The molecule has 4 rings (SSSR count). The third kappa shape index (κ3) is 3.40. The van der Waals surface area contributed by atoms with E-state index in [4.69, 9.17) is 9.47 Å². The molecule has 1 N–H and O–H groups in total. The Labute approximate surface area is 158 Å². The van der Waals surface area contributed by atoms with Gasteiger partial charge in [0.1, 0.15) is 11.4 Å². The summed E-state index contributed by atoms with van der Waals surface area (Å²) < 4.78 is 24.4. The number of hydrogen-bond donors (Lipinski definition) is 1. The molecule has 1 unspecified atom stereocenters. The molecular formula is C20H25FN2O4. The fraction of sp³-hybridized carbons (Fsp3) is 0.600. The molecule has 0 radical (unpaired) electrons. The second-order valence-electron chi connectivity index (χ2n) is 7.77. The Morgan fingerprint density at radius 3 is 2.48 bits per heavy atom. The summed E-state index contributed by atoms with van der Waals surface area (Å²) in [6.45, 7) is 2.73. The van der Waals surface area contributed by atoms with Gasteiger partial charge in [0.2, 0.25) is 5.91 Å². The zero-order valence-electron chi connectivity index (χ0n) is 15.3. The van der Waals surface area contributed by atoms with Crippen LogP contribution in [0.15, 0.2) is 24.3 Å². The van der Waals surface area contributed by atoms with E-state index in [0.717, 1.165) is 18.4 Å². The number of ether oxygens (including phenoxy) is 2. The molecule has 1 aromatic carbocycles. The first-order valence-electron chi connectivity index (χ1n) is 9.63. The van der Waals surface area contributed by atoms with Crippen LogP contribution in [0.2, 0.25) is 0 Å². The first kappa shape index (κ1) is 18.2. The van der Waals surface area contributed by atoms with E-state index in [1.165, 1.54) is 12.1 Å². The summed E-state index contributed by atoms with van der Waals surface area (Å²) in [6.07, 6.45) is 2.99. The van der Waals surface area contributed by atoms with Crippen LogP contribution in [-0.4, -0.2) is 55.3 Å². The number of carbonyl (C=O) groups is 2. The lowest BCUT2D eigenvalue weighted by Gasteiger charge is -2.40. The molecular weight excluding hydrogens is 351 g/mol. The molecule has 1 aromatic rings. The van der Waals surface area contributed by atoms with Crippen molar-refractivity contribution in [3.05, 3.63) is 35.6 Å². The predicted octanol–water partition coefficient (Wildman–Crippen LogP) is 2.37. The quantitative estimate of drug-likeness (QED) is 0.861. The van der Waals surface area contributed by atoms with Crippen LogP contribution in [0.1, 0.15) is 37.7 Å². The second-order valence-corrected chi connectivity index (χ2v) is 7.77. The minimum absolute atomic E-state index is 0.0757. The molecule has 7 heteroatoms. The van der Waals surface area contributed by atoms with Crippen LogP contribution in [0, 0.1) is 5.82 Å². The SMILES string of the molecule is O=C1NCC2(CCCN(C(=O)C3(c4ccc(F)cc4)CCOCC3)CC2)O1. The van der Waals surface area contributed by atoms with Crippen LogP contribution in [0.25, 0.3) is 0 Å². The van der Waals surface area contributed by atoms with Gasteiger partial charge in [-0.2, -0.15) is 0 Å². The molecule has 0 aliphatic carbocycles. The Hall–Kier alpha value is -2.15. The molecule has 3 heterocycles. The molecule has 0 bridgehead atoms. The molecule has 3 aliphatic rings. The van der Waals surface area contributed by atoms with Gasteiger partial charge in [-0.3, -0.25) is 4.79 Å². The van der Waals surface area contributed by atoms with Crippen LogP contribution < -0.4 is 5.32 Å². The third-order valence-corrected chi connectivity index (χ3v) is 6.20. The van der Waals surface area contributed by atoms with Crippen molar-refractivity contribution in [1.82, 2.24) is 10.2 Å². The Kier molecular flexibility index (Phi) is 4.80. The molecule has 27 heavy (non-hydrogen) atoms. The van der Waals surface area contributed by atoms with Gasteiger partial charge in [-0.1, -0.05) is 12.1 Å². The molecule has 3 aliphatic heterocycles. The normalized spacial score (nSPS) is 27.7. The highest BCUT2D eigenvalue weighted by Gasteiger charge is 2.47. The summed E-state index contributed by atoms with van der Waals surface area (Å²) in [5.74, 6) is -0.229. The number of benzene rings is 1. The average Bonchev–Trinajstić information content (AvgIpc) is 2.93. The Morgan fingerprint density at radius 2 is 1.81 bits per heavy atom. The minimum Gasteiger partial charge on any atom is -0.441 e. The minimum atomic E-state index is -0.673. The maximum atomic E-state index is 13.6. The van der Waals surface area contributed by atoms with E-state index in [1.54, 1.807) is 12.1 Å². The van der Waals surface area contributed by atoms with E-state index in [-0.39, 0.29) is 17.8 Å². The van der Waals surface area contributed by atoms with Crippen molar-refractivity contribution < 1.29 is 23.5 Å². The number of likely N-dealkylation sites (tertiary alicyclic amines) is 1. The third-order valence-electron chi connectivity index (χ3n) is 6.20. The zero-order valence-corrected chi connectivity index (χ0v) is 15.3. The standard InChI is InChI=1S/C20H25FN2O4/c21-16-4-2-15(3-5-16)20(8-12-26-13-9-20)17(24)23-10-1-6-19(7-11-23)14-22-18(25)27-19/h2-5H,1,6-14H2,(H,22,25). The lowest BCUT2D eigenvalue weighted by Crippen LogP contribution is -2.50. The number of amides is 2. The van der Waals surface area contributed by atoms with Crippen molar-refractivity contribution in [2.24, 2.45) is 0 Å². The Balaban J connectivity index is 1.56. The molecule has 3 saturated heterocycles. The molecule has 1 atom stereocenters. The van der Waals surface area contributed by atoms with Gasteiger partial charge in [-0.25, -0.2) is 9.18 Å². The molecule has 146 valence electrons. The zero-order chi connectivity index (χ0) is 18.9. The highest BCUT2D eigenvalue weighted by atomic mass is 19.1. The highest BCUT2D eigenvalue weighted by Crippen LogP contribution is 2.38. The van der Waals surface area contributed by atoms with E-state index in [2.05, 4.69) is 5.32 Å². The van der Waals surface area contributed by atoms with Gasteiger partial charge in [0.25, 0.3) is 0 Å². The van der Waals surface area contributed by atoms with Crippen molar-refractivity contribution in [3.63, 3.8) is 0 Å². The molecule has 0 aromatic heterocycles. The summed E-state index contributed by atoms with van der Waals surface area (Å²) in [5, 5.41) is 2.74. The van der Waals surface area contributed by atoms with Crippen molar-refractivity contribution in [2.75, 3.05) is 32.8 Å². The first-order chi connectivity index (χ1) is 13.0. The topological polar surface area (TPSA) is 67.9 Å². The molecule has 6 nitrogen and oxygen atoms in total.